The second kappa shape index (κ2) is 10.4. The third-order valence-electron chi connectivity index (χ3n) is 5.81. The summed E-state index contributed by atoms with van der Waals surface area (Å²) in [6, 6.07) is 16.3. The number of amides is 3. The Hall–Kier alpha value is -3.23. The van der Waals surface area contributed by atoms with Gasteiger partial charge in [0.05, 0.1) is 30.4 Å². The Morgan fingerprint density at radius 1 is 1.00 bits per heavy atom. The molecule has 2 N–H and O–H groups in total. The molecule has 2 aromatic carbocycles. The smallest absolute Gasteiger partial charge is 0.253 e. The lowest BCUT2D eigenvalue weighted by Crippen LogP contribution is -2.41. The van der Waals surface area contributed by atoms with Crippen molar-refractivity contribution in [1.29, 1.82) is 0 Å². The van der Waals surface area contributed by atoms with Gasteiger partial charge in [0, 0.05) is 44.8 Å². The molecule has 2 aromatic rings. The topological polar surface area (TPSA) is 91.0 Å². The third kappa shape index (κ3) is 5.33. The molecule has 1 atom stereocenters. The first-order chi connectivity index (χ1) is 15.6. The zero-order valence-corrected chi connectivity index (χ0v) is 18.0. The van der Waals surface area contributed by atoms with Crippen LogP contribution in [0.3, 0.4) is 0 Å². The second-order valence-corrected chi connectivity index (χ2v) is 7.99. The standard InChI is InChI=1S/C24H28N4O4/c29-22-16-18(17-28(22)19-6-2-1-3-7-19)23(30)26-21-9-5-4-8-20(21)24(31)25-10-11-27-12-14-32-15-13-27/h1-9,18H,10-17H2,(H,25,31)(H,26,30)/t18-/m1/s1. The van der Waals surface area contributed by atoms with Crippen molar-refractivity contribution in [3.8, 4) is 0 Å². The Morgan fingerprint density at radius 2 is 1.72 bits per heavy atom. The molecule has 32 heavy (non-hydrogen) atoms. The van der Waals surface area contributed by atoms with Gasteiger partial charge in [-0.05, 0) is 24.3 Å². The van der Waals surface area contributed by atoms with Gasteiger partial charge in [0.1, 0.15) is 0 Å². The molecule has 0 bridgehead atoms. The maximum absolute atomic E-state index is 12.9. The third-order valence-corrected chi connectivity index (χ3v) is 5.81. The molecule has 0 unspecified atom stereocenters. The first-order valence-electron chi connectivity index (χ1n) is 11.0. The van der Waals surface area contributed by atoms with E-state index in [1.165, 1.54) is 0 Å². The lowest BCUT2D eigenvalue weighted by Gasteiger charge is -2.26. The number of ether oxygens (including phenoxy) is 1. The van der Waals surface area contributed by atoms with Crippen molar-refractivity contribution >= 4 is 29.1 Å². The number of benzene rings is 2. The Labute approximate surface area is 187 Å². The van der Waals surface area contributed by atoms with Gasteiger partial charge in [-0.15, -0.1) is 0 Å². The summed E-state index contributed by atoms with van der Waals surface area (Å²) in [6.45, 7) is 4.75. The Balaban J connectivity index is 1.34. The predicted octanol–water partition coefficient (Wildman–Crippen LogP) is 1.74. The highest BCUT2D eigenvalue weighted by molar-refractivity contribution is 6.07. The minimum Gasteiger partial charge on any atom is -0.379 e. The van der Waals surface area contributed by atoms with E-state index in [9.17, 15) is 14.4 Å². The van der Waals surface area contributed by atoms with E-state index in [2.05, 4.69) is 15.5 Å². The van der Waals surface area contributed by atoms with E-state index < -0.39 is 5.92 Å². The summed E-state index contributed by atoms with van der Waals surface area (Å²) >= 11 is 0. The van der Waals surface area contributed by atoms with Crippen LogP contribution in [0.1, 0.15) is 16.8 Å². The van der Waals surface area contributed by atoms with Gasteiger partial charge in [-0.1, -0.05) is 30.3 Å². The van der Waals surface area contributed by atoms with Crippen LogP contribution in [-0.2, 0) is 14.3 Å². The summed E-state index contributed by atoms with van der Waals surface area (Å²) in [7, 11) is 0. The Kier molecular flexibility index (Phi) is 7.14. The van der Waals surface area contributed by atoms with E-state index in [0.29, 0.717) is 37.6 Å². The Bertz CT molecular complexity index is 959. The van der Waals surface area contributed by atoms with Gasteiger partial charge in [0.15, 0.2) is 0 Å². The van der Waals surface area contributed by atoms with Crippen LogP contribution in [0.15, 0.2) is 54.6 Å². The van der Waals surface area contributed by atoms with Crippen molar-refractivity contribution in [2.45, 2.75) is 6.42 Å². The molecular formula is C24H28N4O4. The van der Waals surface area contributed by atoms with E-state index >= 15 is 0 Å². The van der Waals surface area contributed by atoms with Gasteiger partial charge < -0.3 is 20.3 Å². The zero-order valence-electron chi connectivity index (χ0n) is 18.0. The number of nitrogens with zero attached hydrogens (tertiary/aromatic N) is 2. The van der Waals surface area contributed by atoms with Crippen molar-refractivity contribution in [2.24, 2.45) is 5.92 Å². The second-order valence-electron chi connectivity index (χ2n) is 7.99. The van der Waals surface area contributed by atoms with Gasteiger partial charge in [0.2, 0.25) is 11.8 Å². The van der Waals surface area contributed by atoms with Gasteiger partial charge in [0.25, 0.3) is 5.91 Å². The number of hydrogen-bond donors (Lipinski definition) is 2. The zero-order chi connectivity index (χ0) is 22.3. The minimum atomic E-state index is -0.472. The predicted molar refractivity (Wildman–Crippen MR) is 122 cm³/mol. The highest BCUT2D eigenvalue weighted by Crippen LogP contribution is 2.26. The van der Waals surface area contributed by atoms with E-state index in [-0.39, 0.29) is 24.1 Å². The molecule has 2 aliphatic rings. The number of para-hydroxylation sites is 2. The molecule has 4 rings (SSSR count). The molecule has 0 aliphatic carbocycles. The van der Waals surface area contributed by atoms with Crippen molar-refractivity contribution in [3.05, 3.63) is 60.2 Å². The largest absolute Gasteiger partial charge is 0.379 e. The normalized spacial score (nSPS) is 19.1. The fourth-order valence-electron chi connectivity index (χ4n) is 4.01. The monoisotopic (exact) mass is 436 g/mol. The molecule has 8 heteroatoms. The molecule has 8 nitrogen and oxygen atoms in total. The van der Waals surface area contributed by atoms with Crippen LogP contribution in [0.2, 0.25) is 0 Å². The fraction of sp³-hybridized carbons (Fsp3) is 0.375. The number of carbonyl (C=O) groups is 3. The summed E-state index contributed by atoms with van der Waals surface area (Å²) in [5, 5.41) is 5.79. The molecule has 0 radical (unpaired) electrons. The lowest BCUT2D eigenvalue weighted by atomic mass is 10.1. The summed E-state index contributed by atoms with van der Waals surface area (Å²) in [6.07, 6.45) is 0.147. The number of morpholine rings is 1. The van der Waals surface area contributed by atoms with E-state index in [1.54, 1.807) is 29.2 Å². The maximum Gasteiger partial charge on any atom is 0.253 e. The van der Waals surface area contributed by atoms with Gasteiger partial charge in [-0.25, -0.2) is 0 Å². The van der Waals surface area contributed by atoms with Crippen molar-refractivity contribution < 1.29 is 19.1 Å². The van der Waals surface area contributed by atoms with Crippen LogP contribution < -0.4 is 15.5 Å². The number of rotatable bonds is 7. The quantitative estimate of drug-likeness (QED) is 0.690. The first kappa shape index (κ1) is 22.0. The molecule has 2 saturated heterocycles. The fourth-order valence-corrected chi connectivity index (χ4v) is 4.01. The minimum absolute atomic E-state index is 0.0782. The van der Waals surface area contributed by atoms with Crippen LogP contribution in [0.4, 0.5) is 11.4 Å². The molecule has 0 spiro atoms. The SMILES string of the molecule is O=C(NCCN1CCOCC1)c1ccccc1NC(=O)[C@@H]1CC(=O)N(c2ccccc2)C1. The molecule has 168 valence electrons. The van der Waals surface area contributed by atoms with E-state index in [0.717, 1.165) is 25.3 Å². The first-order valence-corrected chi connectivity index (χ1v) is 11.0. The van der Waals surface area contributed by atoms with Crippen LogP contribution in [0, 0.1) is 5.92 Å². The van der Waals surface area contributed by atoms with Crippen molar-refractivity contribution in [2.75, 3.05) is 56.2 Å². The average molecular weight is 437 g/mol. The van der Waals surface area contributed by atoms with E-state index in [1.807, 2.05) is 30.3 Å². The Morgan fingerprint density at radius 3 is 2.50 bits per heavy atom. The average Bonchev–Trinajstić information content (AvgIpc) is 3.22. The number of anilines is 2. The summed E-state index contributed by atoms with van der Waals surface area (Å²) in [5.41, 5.74) is 1.65. The lowest BCUT2D eigenvalue weighted by molar-refractivity contribution is -0.122. The van der Waals surface area contributed by atoms with Crippen molar-refractivity contribution in [3.63, 3.8) is 0 Å². The molecule has 2 aliphatic heterocycles. The maximum atomic E-state index is 12.9. The molecule has 2 heterocycles. The number of hydrogen-bond acceptors (Lipinski definition) is 5. The summed E-state index contributed by atoms with van der Waals surface area (Å²) in [4.78, 5) is 41.9. The van der Waals surface area contributed by atoms with Gasteiger partial charge in [-0.2, -0.15) is 0 Å². The van der Waals surface area contributed by atoms with Crippen LogP contribution in [0.25, 0.3) is 0 Å². The highest BCUT2D eigenvalue weighted by atomic mass is 16.5. The molecule has 2 fully saturated rings. The molecular weight excluding hydrogens is 408 g/mol. The van der Waals surface area contributed by atoms with Crippen LogP contribution in [0.5, 0.6) is 0 Å². The molecule has 0 saturated carbocycles. The van der Waals surface area contributed by atoms with Crippen LogP contribution in [-0.4, -0.2) is 68.6 Å². The summed E-state index contributed by atoms with van der Waals surface area (Å²) in [5.74, 6) is -1.04. The summed E-state index contributed by atoms with van der Waals surface area (Å²) < 4.78 is 5.34. The van der Waals surface area contributed by atoms with E-state index in [4.69, 9.17) is 4.74 Å². The van der Waals surface area contributed by atoms with Crippen molar-refractivity contribution in [1.82, 2.24) is 10.2 Å². The van der Waals surface area contributed by atoms with Gasteiger partial charge in [-0.3, -0.25) is 19.3 Å². The number of nitrogens with one attached hydrogen (secondary N) is 2. The van der Waals surface area contributed by atoms with Crippen LogP contribution >= 0.6 is 0 Å². The molecule has 0 aromatic heterocycles. The number of carbonyl (C=O) groups excluding carboxylic acids is 3. The highest BCUT2D eigenvalue weighted by Gasteiger charge is 2.35. The van der Waals surface area contributed by atoms with Gasteiger partial charge >= 0.3 is 0 Å². The molecule has 3 amide bonds.